The van der Waals surface area contributed by atoms with E-state index in [4.69, 9.17) is 4.98 Å². The number of amides is 2. The van der Waals surface area contributed by atoms with Crippen LogP contribution in [0.2, 0.25) is 0 Å². The predicted octanol–water partition coefficient (Wildman–Crippen LogP) is 4.93. The molecule has 2 amide bonds. The smallest absolute Gasteiger partial charge is 0.268 e. The van der Waals surface area contributed by atoms with Crippen molar-refractivity contribution in [2.45, 2.75) is 25.8 Å². The topological polar surface area (TPSA) is 67.2 Å². The van der Waals surface area contributed by atoms with Crippen LogP contribution >= 0.6 is 27.3 Å². The third-order valence-corrected chi connectivity index (χ3v) is 8.11. The molecule has 2 aliphatic rings. The standard InChI is InChI=1S/C23H23BrN4O2S/c1-2-20(29)27-10-9-23(14-27)11-15(12-23)13-28-17-6-4-3-5-16(17)25-22(28)26-21(30)18-7-8-19(24)31-18/h2-8,15H,1,9-14H2,(H,25,26,30). The number of carbonyl (C=O) groups excluding carboxylic acids is 2. The Hall–Kier alpha value is -2.45. The van der Waals surface area contributed by atoms with Gasteiger partial charge in [-0.2, -0.15) is 0 Å². The number of fused-ring (bicyclic) bond motifs is 1. The number of nitrogens with zero attached hydrogens (tertiary/aromatic N) is 3. The van der Waals surface area contributed by atoms with E-state index in [1.807, 2.05) is 41.3 Å². The summed E-state index contributed by atoms with van der Waals surface area (Å²) in [6, 6.07) is 11.7. The zero-order valence-electron chi connectivity index (χ0n) is 17.0. The molecule has 3 aromatic rings. The number of rotatable bonds is 5. The number of halogens is 1. The van der Waals surface area contributed by atoms with Crippen molar-refractivity contribution in [1.82, 2.24) is 14.5 Å². The molecule has 5 rings (SSSR count). The summed E-state index contributed by atoms with van der Waals surface area (Å²) in [6.45, 7) is 6.07. The summed E-state index contributed by atoms with van der Waals surface area (Å²) >= 11 is 4.82. The molecule has 31 heavy (non-hydrogen) atoms. The molecule has 0 radical (unpaired) electrons. The predicted molar refractivity (Wildman–Crippen MR) is 126 cm³/mol. The van der Waals surface area contributed by atoms with Crippen LogP contribution in [0.25, 0.3) is 11.0 Å². The lowest BCUT2D eigenvalue weighted by Gasteiger charge is -2.45. The molecule has 1 saturated carbocycles. The van der Waals surface area contributed by atoms with Crippen molar-refractivity contribution < 1.29 is 9.59 Å². The summed E-state index contributed by atoms with van der Waals surface area (Å²) in [6.07, 6.45) is 4.65. The molecule has 160 valence electrons. The highest BCUT2D eigenvalue weighted by Gasteiger charge is 2.49. The molecule has 0 bridgehead atoms. The molecule has 2 fully saturated rings. The van der Waals surface area contributed by atoms with Gasteiger partial charge in [0.25, 0.3) is 5.91 Å². The molecule has 3 heterocycles. The van der Waals surface area contributed by atoms with Crippen LogP contribution in [0.4, 0.5) is 5.95 Å². The van der Waals surface area contributed by atoms with Crippen LogP contribution in [0.15, 0.2) is 52.8 Å². The highest BCUT2D eigenvalue weighted by molar-refractivity contribution is 9.11. The molecule has 0 atom stereocenters. The Morgan fingerprint density at radius 3 is 2.84 bits per heavy atom. The molecule has 1 aliphatic carbocycles. The summed E-state index contributed by atoms with van der Waals surface area (Å²) in [5.41, 5.74) is 2.15. The molecule has 0 unspecified atom stereocenters. The number of anilines is 1. The fourth-order valence-corrected chi connectivity index (χ4v) is 6.37. The Kier molecular flexibility index (Phi) is 5.22. The molecular formula is C23H23BrN4O2S. The van der Waals surface area contributed by atoms with Crippen LogP contribution in [-0.4, -0.2) is 39.4 Å². The van der Waals surface area contributed by atoms with E-state index in [1.165, 1.54) is 17.4 Å². The Bertz CT molecular complexity index is 1180. The number of thiophene rings is 1. The Labute approximate surface area is 193 Å². The number of imidazole rings is 1. The highest BCUT2D eigenvalue weighted by Crippen LogP contribution is 2.52. The fraction of sp³-hybridized carbons (Fsp3) is 0.348. The van der Waals surface area contributed by atoms with Crippen LogP contribution < -0.4 is 5.32 Å². The van der Waals surface area contributed by atoms with Crippen molar-refractivity contribution in [2.75, 3.05) is 18.4 Å². The second-order valence-corrected chi connectivity index (χ2v) is 11.0. The Morgan fingerprint density at radius 2 is 2.10 bits per heavy atom. The second-order valence-electron chi connectivity index (χ2n) is 8.58. The molecule has 1 saturated heterocycles. The third-order valence-electron chi connectivity index (χ3n) is 6.49. The van der Waals surface area contributed by atoms with Crippen molar-refractivity contribution in [3.8, 4) is 0 Å². The van der Waals surface area contributed by atoms with Crippen molar-refractivity contribution in [1.29, 1.82) is 0 Å². The minimum absolute atomic E-state index is 0.0335. The number of hydrogen-bond donors (Lipinski definition) is 1. The van der Waals surface area contributed by atoms with Gasteiger partial charge >= 0.3 is 0 Å². The van der Waals surface area contributed by atoms with Gasteiger partial charge in [0.2, 0.25) is 11.9 Å². The highest BCUT2D eigenvalue weighted by atomic mass is 79.9. The fourth-order valence-electron chi connectivity index (χ4n) is 5.09. The normalized spacial score (nSPS) is 22.6. The summed E-state index contributed by atoms with van der Waals surface area (Å²) in [7, 11) is 0. The molecule has 1 N–H and O–H groups in total. The number of carbonyl (C=O) groups is 2. The third kappa shape index (κ3) is 3.83. The average Bonchev–Trinajstić information content (AvgIpc) is 3.45. The first-order valence-corrected chi connectivity index (χ1v) is 12.0. The van der Waals surface area contributed by atoms with Gasteiger partial charge < -0.3 is 9.47 Å². The van der Waals surface area contributed by atoms with E-state index in [9.17, 15) is 9.59 Å². The quantitative estimate of drug-likeness (QED) is 0.507. The maximum absolute atomic E-state index is 12.7. The molecule has 2 aromatic heterocycles. The van der Waals surface area contributed by atoms with E-state index in [-0.39, 0.29) is 17.2 Å². The van der Waals surface area contributed by atoms with Gasteiger partial charge in [-0.1, -0.05) is 18.7 Å². The minimum atomic E-state index is -0.147. The van der Waals surface area contributed by atoms with Crippen LogP contribution in [0.5, 0.6) is 0 Å². The number of hydrogen-bond acceptors (Lipinski definition) is 4. The van der Waals surface area contributed by atoms with Gasteiger partial charge in [0.1, 0.15) is 0 Å². The number of para-hydroxylation sites is 2. The van der Waals surface area contributed by atoms with Gasteiger partial charge in [0, 0.05) is 19.6 Å². The average molecular weight is 499 g/mol. The first-order chi connectivity index (χ1) is 15.0. The van der Waals surface area contributed by atoms with Gasteiger partial charge in [-0.3, -0.25) is 14.9 Å². The number of likely N-dealkylation sites (tertiary alicyclic amines) is 1. The molecular weight excluding hydrogens is 476 g/mol. The Morgan fingerprint density at radius 1 is 1.29 bits per heavy atom. The zero-order chi connectivity index (χ0) is 21.6. The van der Waals surface area contributed by atoms with Gasteiger partial charge in [0.15, 0.2) is 0 Å². The second kappa shape index (κ2) is 7.91. The zero-order valence-corrected chi connectivity index (χ0v) is 19.4. The summed E-state index contributed by atoms with van der Waals surface area (Å²) in [5.74, 6) is 0.979. The van der Waals surface area contributed by atoms with Crippen molar-refractivity contribution in [3.05, 3.63) is 57.7 Å². The van der Waals surface area contributed by atoms with Crippen LogP contribution in [0.3, 0.4) is 0 Å². The number of benzene rings is 1. The molecule has 8 heteroatoms. The van der Waals surface area contributed by atoms with E-state index < -0.39 is 0 Å². The summed E-state index contributed by atoms with van der Waals surface area (Å²) in [5, 5.41) is 3.01. The van der Waals surface area contributed by atoms with E-state index in [0.29, 0.717) is 16.7 Å². The first-order valence-electron chi connectivity index (χ1n) is 10.4. The molecule has 1 aliphatic heterocycles. The van der Waals surface area contributed by atoms with Gasteiger partial charge in [-0.05, 0) is 76.9 Å². The number of nitrogens with one attached hydrogen (secondary N) is 1. The summed E-state index contributed by atoms with van der Waals surface area (Å²) in [4.78, 5) is 31.9. The molecule has 1 spiro atoms. The van der Waals surface area contributed by atoms with Crippen LogP contribution in [0.1, 0.15) is 28.9 Å². The Balaban J connectivity index is 1.33. The lowest BCUT2D eigenvalue weighted by atomic mass is 9.61. The van der Waals surface area contributed by atoms with Gasteiger partial charge in [-0.15, -0.1) is 11.3 Å². The monoisotopic (exact) mass is 498 g/mol. The van der Waals surface area contributed by atoms with Crippen LogP contribution in [-0.2, 0) is 11.3 Å². The van der Waals surface area contributed by atoms with E-state index in [0.717, 1.165) is 53.7 Å². The largest absolute Gasteiger partial charge is 0.339 e. The number of aromatic nitrogens is 2. The lowest BCUT2D eigenvalue weighted by Crippen LogP contribution is -2.42. The van der Waals surface area contributed by atoms with Crippen molar-refractivity contribution in [2.24, 2.45) is 11.3 Å². The SMILES string of the molecule is C=CC(=O)N1CCC2(CC(Cn3c(NC(=O)c4ccc(Br)s4)nc4ccccc43)C2)C1. The maximum atomic E-state index is 12.7. The van der Waals surface area contributed by atoms with Crippen molar-refractivity contribution in [3.63, 3.8) is 0 Å². The van der Waals surface area contributed by atoms with Gasteiger partial charge in [0.05, 0.1) is 19.7 Å². The lowest BCUT2D eigenvalue weighted by molar-refractivity contribution is -0.125. The maximum Gasteiger partial charge on any atom is 0.268 e. The van der Waals surface area contributed by atoms with Gasteiger partial charge in [-0.25, -0.2) is 4.98 Å². The molecule has 6 nitrogen and oxygen atoms in total. The van der Waals surface area contributed by atoms with E-state index >= 15 is 0 Å². The summed E-state index contributed by atoms with van der Waals surface area (Å²) < 4.78 is 3.06. The van der Waals surface area contributed by atoms with E-state index in [2.05, 4.69) is 32.4 Å². The van der Waals surface area contributed by atoms with Crippen molar-refractivity contribution >= 4 is 56.1 Å². The first kappa shape index (κ1) is 20.5. The van der Waals surface area contributed by atoms with E-state index in [1.54, 1.807) is 0 Å². The minimum Gasteiger partial charge on any atom is -0.339 e. The molecule has 1 aromatic carbocycles. The van der Waals surface area contributed by atoms with Crippen LogP contribution in [0, 0.1) is 11.3 Å².